The van der Waals surface area contributed by atoms with Crippen LogP contribution in [0.3, 0.4) is 0 Å². The fourth-order valence-corrected chi connectivity index (χ4v) is 4.79. The van der Waals surface area contributed by atoms with Crippen molar-refractivity contribution < 1.29 is 4.74 Å². The van der Waals surface area contributed by atoms with Crippen LogP contribution < -0.4 is 10.1 Å². The third kappa shape index (κ3) is 5.29. The molecular weight excluding hydrogens is 426 g/mol. The lowest BCUT2D eigenvalue weighted by atomic mass is 9.89. The van der Waals surface area contributed by atoms with Gasteiger partial charge in [-0.05, 0) is 64.1 Å². The minimum absolute atomic E-state index is 0.545. The number of fused-ring (bicyclic) bond motifs is 1. The molecule has 0 unspecified atom stereocenters. The van der Waals surface area contributed by atoms with E-state index in [0.717, 1.165) is 18.8 Å². The number of rotatable bonds is 8. The summed E-state index contributed by atoms with van der Waals surface area (Å²) in [6.45, 7) is 6.49. The van der Waals surface area contributed by atoms with Gasteiger partial charge in [-0.1, -0.05) is 103 Å². The highest BCUT2D eigenvalue weighted by atomic mass is 16.5. The second-order valence-electron chi connectivity index (χ2n) is 9.14. The fraction of sp³-hybridized carbons (Fsp3) is 0.152. The zero-order valence-corrected chi connectivity index (χ0v) is 20.4. The van der Waals surface area contributed by atoms with E-state index in [1.54, 1.807) is 0 Å². The van der Waals surface area contributed by atoms with Crippen molar-refractivity contribution in [3.63, 3.8) is 0 Å². The lowest BCUT2D eigenvalue weighted by Crippen LogP contribution is -2.13. The molecule has 0 atom stereocenters. The molecule has 0 radical (unpaired) electrons. The van der Waals surface area contributed by atoms with E-state index < -0.39 is 0 Å². The molecule has 0 aliphatic carbocycles. The molecule has 0 saturated carbocycles. The van der Waals surface area contributed by atoms with Crippen LogP contribution >= 0.6 is 0 Å². The van der Waals surface area contributed by atoms with E-state index in [9.17, 15) is 0 Å². The molecule has 174 valence electrons. The number of aryl methyl sites for hydroxylation is 2. The maximum Gasteiger partial charge on any atom is 0.128 e. The van der Waals surface area contributed by atoms with E-state index >= 15 is 0 Å². The van der Waals surface area contributed by atoms with Crippen molar-refractivity contribution in [3.8, 4) is 16.9 Å². The van der Waals surface area contributed by atoms with Crippen molar-refractivity contribution in [2.45, 2.75) is 33.5 Å². The standard InChI is InChI=1S/C33H31NO/c1-24-19-25(2)32(31(20-24)35-23-27-13-7-4-8-14-27)33-29(18-17-28-15-9-10-16-30(28)33)22-34-21-26-11-5-3-6-12-26/h3-20,34H,21-23H2,1-2H3. The van der Waals surface area contributed by atoms with E-state index in [-0.39, 0.29) is 0 Å². The molecule has 0 spiro atoms. The van der Waals surface area contributed by atoms with Gasteiger partial charge in [0.2, 0.25) is 0 Å². The molecule has 1 N–H and O–H groups in total. The van der Waals surface area contributed by atoms with Gasteiger partial charge in [0, 0.05) is 18.7 Å². The molecule has 0 fully saturated rings. The summed E-state index contributed by atoms with van der Waals surface area (Å²) >= 11 is 0. The average Bonchev–Trinajstić information content (AvgIpc) is 2.89. The predicted molar refractivity (Wildman–Crippen MR) is 147 cm³/mol. The molecule has 0 aromatic heterocycles. The highest BCUT2D eigenvalue weighted by Crippen LogP contribution is 2.41. The summed E-state index contributed by atoms with van der Waals surface area (Å²) in [5.74, 6) is 0.937. The van der Waals surface area contributed by atoms with Gasteiger partial charge in [0.25, 0.3) is 0 Å². The van der Waals surface area contributed by atoms with Gasteiger partial charge < -0.3 is 10.1 Å². The maximum absolute atomic E-state index is 6.50. The summed E-state index contributed by atoms with van der Waals surface area (Å²) in [5, 5.41) is 6.15. The molecule has 35 heavy (non-hydrogen) atoms. The topological polar surface area (TPSA) is 21.3 Å². The second-order valence-corrected chi connectivity index (χ2v) is 9.14. The molecule has 2 heteroatoms. The summed E-state index contributed by atoms with van der Waals surface area (Å²) < 4.78 is 6.50. The Morgan fingerprint density at radius 1 is 0.629 bits per heavy atom. The van der Waals surface area contributed by atoms with Gasteiger partial charge in [0.1, 0.15) is 12.4 Å². The Labute approximate surface area is 208 Å². The molecule has 0 saturated heterocycles. The van der Waals surface area contributed by atoms with Crippen LogP contribution in [0.25, 0.3) is 21.9 Å². The highest BCUT2D eigenvalue weighted by Gasteiger charge is 2.18. The van der Waals surface area contributed by atoms with Crippen LogP contribution in [0, 0.1) is 13.8 Å². The molecule has 2 nitrogen and oxygen atoms in total. The summed E-state index contributed by atoms with van der Waals surface area (Å²) in [4.78, 5) is 0. The van der Waals surface area contributed by atoms with Crippen molar-refractivity contribution in [1.82, 2.24) is 5.32 Å². The van der Waals surface area contributed by atoms with E-state index in [4.69, 9.17) is 4.74 Å². The lowest BCUT2D eigenvalue weighted by Gasteiger charge is -2.20. The third-order valence-electron chi connectivity index (χ3n) is 6.43. The Kier molecular flexibility index (Phi) is 6.92. The molecule has 0 aliphatic heterocycles. The monoisotopic (exact) mass is 457 g/mol. The first kappa shape index (κ1) is 22.9. The van der Waals surface area contributed by atoms with E-state index in [1.807, 2.05) is 6.07 Å². The number of benzene rings is 5. The van der Waals surface area contributed by atoms with Crippen LogP contribution in [0.4, 0.5) is 0 Å². The number of hydrogen-bond donors (Lipinski definition) is 1. The van der Waals surface area contributed by atoms with Crippen LogP contribution in [0.2, 0.25) is 0 Å². The van der Waals surface area contributed by atoms with Crippen LogP contribution in [0.15, 0.2) is 109 Å². The van der Waals surface area contributed by atoms with E-state index in [0.29, 0.717) is 6.61 Å². The first-order chi connectivity index (χ1) is 17.2. The first-order valence-corrected chi connectivity index (χ1v) is 12.2. The maximum atomic E-state index is 6.50. The van der Waals surface area contributed by atoms with Crippen LogP contribution in [0.5, 0.6) is 5.75 Å². The van der Waals surface area contributed by atoms with Crippen molar-refractivity contribution in [1.29, 1.82) is 0 Å². The predicted octanol–water partition coefficient (Wildman–Crippen LogP) is 7.99. The largest absolute Gasteiger partial charge is 0.488 e. The van der Waals surface area contributed by atoms with Crippen molar-refractivity contribution in [3.05, 3.63) is 137 Å². The van der Waals surface area contributed by atoms with Gasteiger partial charge >= 0.3 is 0 Å². The summed E-state index contributed by atoms with van der Waals surface area (Å²) in [5.41, 5.74) is 8.60. The van der Waals surface area contributed by atoms with E-state index in [1.165, 1.54) is 49.7 Å². The minimum Gasteiger partial charge on any atom is -0.488 e. The Morgan fingerprint density at radius 2 is 1.31 bits per heavy atom. The van der Waals surface area contributed by atoms with Crippen molar-refractivity contribution in [2.75, 3.05) is 0 Å². The molecule has 5 aromatic rings. The van der Waals surface area contributed by atoms with Crippen LogP contribution in [-0.4, -0.2) is 0 Å². The molecule has 0 bridgehead atoms. The smallest absolute Gasteiger partial charge is 0.128 e. The zero-order valence-electron chi connectivity index (χ0n) is 20.4. The Hall–Kier alpha value is -3.88. The van der Waals surface area contributed by atoms with Crippen molar-refractivity contribution >= 4 is 10.8 Å². The number of hydrogen-bond acceptors (Lipinski definition) is 2. The fourth-order valence-electron chi connectivity index (χ4n) is 4.79. The minimum atomic E-state index is 0.545. The molecule has 5 rings (SSSR count). The molecular formula is C33H31NO. The second kappa shape index (κ2) is 10.6. The Balaban J connectivity index is 1.56. The zero-order chi connectivity index (χ0) is 24.0. The summed E-state index contributed by atoms with van der Waals surface area (Å²) in [7, 11) is 0. The van der Waals surface area contributed by atoms with Crippen LogP contribution in [0.1, 0.15) is 27.8 Å². The normalized spacial score (nSPS) is 11.0. The van der Waals surface area contributed by atoms with Gasteiger partial charge in [-0.2, -0.15) is 0 Å². The highest BCUT2D eigenvalue weighted by molar-refractivity contribution is 6.00. The van der Waals surface area contributed by atoms with Crippen LogP contribution in [-0.2, 0) is 19.7 Å². The third-order valence-corrected chi connectivity index (χ3v) is 6.43. The quantitative estimate of drug-likeness (QED) is 0.255. The lowest BCUT2D eigenvalue weighted by molar-refractivity contribution is 0.307. The van der Waals surface area contributed by atoms with E-state index in [2.05, 4.69) is 122 Å². The van der Waals surface area contributed by atoms with Gasteiger partial charge in [-0.3, -0.25) is 0 Å². The summed E-state index contributed by atoms with van der Waals surface area (Å²) in [6, 6.07) is 38.5. The first-order valence-electron chi connectivity index (χ1n) is 12.2. The number of nitrogens with one attached hydrogen (secondary N) is 1. The SMILES string of the molecule is Cc1cc(C)c(-c2c(CNCc3ccccc3)ccc3ccccc23)c(OCc2ccccc2)c1. The number of ether oxygens (including phenoxy) is 1. The Morgan fingerprint density at radius 3 is 2.09 bits per heavy atom. The van der Waals surface area contributed by atoms with Gasteiger partial charge in [-0.15, -0.1) is 0 Å². The van der Waals surface area contributed by atoms with Gasteiger partial charge in [-0.25, -0.2) is 0 Å². The summed E-state index contributed by atoms with van der Waals surface area (Å²) in [6.07, 6.45) is 0. The van der Waals surface area contributed by atoms with Gasteiger partial charge in [0.15, 0.2) is 0 Å². The van der Waals surface area contributed by atoms with Gasteiger partial charge in [0.05, 0.1) is 0 Å². The molecule has 0 heterocycles. The Bertz CT molecular complexity index is 1420. The van der Waals surface area contributed by atoms with Crippen molar-refractivity contribution in [2.24, 2.45) is 0 Å². The molecule has 0 aliphatic rings. The molecule has 5 aromatic carbocycles. The average molecular weight is 458 g/mol. The molecule has 0 amide bonds.